The summed E-state index contributed by atoms with van der Waals surface area (Å²) in [5.74, 6) is 0. The van der Waals surface area contributed by atoms with Crippen LogP contribution in [-0.4, -0.2) is 35.2 Å². The van der Waals surface area contributed by atoms with Gasteiger partial charge in [0, 0.05) is 39.4 Å². The molecule has 0 bridgehead atoms. The molecule has 1 aliphatic rings. The predicted octanol–water partition coefficient (Wildman–Crippen LogP) is 4.95. The van der Waals surface area contributed by atoms with Gasteiger partial charge in [-0.2, -0.15) is 0 Å². The van der Waals surface area contributed by atoms with Crippen LogP contribution < -0.4 is 5.32 Å². The maximum atomic E-state index is 12.4. The zero-order chi connectivity index (χ0) is 17.2. The van der Waals surface area contributed by atoms with E-state index in [4.69, 9.17) is 4.74 Å². The highest BCUT2D eigenvalue weighted by molar-refractivity contribution is 9.10. The van der Waals surface area contributed by atoms with Crippen LogP contribution in [0, 0.1) is 0 Å². The lowest BCUT2D eigenvalue weighted by atomic mass is 9.97. The van der Waals surface area contributed by atoms with Crippen LogP contribution in [0.15, 0.2) is 15.9 Å². The number of nitrogens with one attached hydrogen (secondary N) is 1. The van der Waals surface area contributed by atoms with Gasteiger partial charge in [0.15, 0.2) is 0 Å². The molecule has 3 atom stereocenters. The van der Waals surface area contributed by atoms with Crippen LogP contribution in [0.3, 0.4) is 0 Å². The van der Waals surface area contributed by atoms with Gasteiger partial charge in [0.2, 0.25) is 0 Å². The van der Waals surface area contributed by atoms with E-state index >= 15 is 0 Å². The highest BCUT2D eigenvalue weighted by atomic mass is 79.9. The molecule has 0 spiro atoms. The number of carbonyl (C=O) groups excluding carboxylic acids is 1. The number of halogens is 1. The molecule has 0 radical (unpaired) electrons. The molecule has 1 aliphatic heterocycles. The molecule has 2 rings (SSSR count). The first kappa shape index (κ1) is 18.7. The van der Waals surface area contributed by atoms with Gasteiger partial charge in [-0.3, -0.25) is 0 Å². The molecule has 1 aromatic rings. The minimum Gasteiger partial charge on any atom is -0.444 e. The zero-order valence-corrected chi connectivity index (χ0v) is 17.0. The van der Waals surface area contributed by atoms with Gasteiger partial charge in [-0.15, -0.1) is 11.3 Å². The molecule has 0 aliphatic carbocycles. The normalized spacial score (nSPS) is 23.7. The van der Waals surface area contributed by atoms with Gasteiger partial charge in [-0.25, -0.2) is 4.79 Å². The second-order valence-corrected chi connectivity index (χ2v) is 9.08. The van der Waals surface area contributed by atoms with E-state index in [0.29, 0.717) is 0 Å². The molecular formula is C17H27BrN2O2S. The van der Waals surface area contributed by atoms with Crippen LogP contribution in [-0.2, 0) is 4.74 Å². The molecule has 23 heavy (non-hydrogen) atoms. The Morgan fingerprint density at radius 1 is 1.52 bits per heavy atom. The minimum absolute atomic E-state index is 0.129. The summed E-state index contributed by atoms with van der Waals surface area (Å²) >= 11 is 5.26. The summed E-state index contributed by atoms with van der Waals surface area (Å²) in [5.41, 5.74) is -0.451. The number of amides is 1. The maximum Gasteiger partial charge on any atom is 0.410 e. The van der Waals surface area contributed by atoms with Gasteiger partial charge >= 0.3 is 6.09 Å². The average Bonchev–Trinajstić information content (AvgIpc) is 2.86. The summed E-state index contributed by atoms with van der Waals surface area (Å²) in [5, 5.41) is 5.79. The number of rotatable bonds is 3. The first-order valence-corrected chi connectivity index (χ1v) is 9.84. The molecule has 0 saturated carbocycles. The van der Waals surface area contributed by atoms with Crippen LogP contribution >= 0.6 is 27.3 Å². The number of nitrogens with zero attached hydrogens (tertiary/aromatic N) is 1. The first-order valence-electron chi connectivity index (χ1n) is 8.17. The SMILES string of the molecule is CC(NC1CCCN(C(=O)OC(C)(C)C)C1C)c1cc(Br)cs1. The van der Waals surface area contributed by atoms with Crippen molar-refractivity contribution in [2.75, 3.05) is 6.54 Å². The standard InChI is InChI=1S/C17H27BrN2O2S/c1-11(15-9-13(18)10-23-15)19-14-7-6-8-20(12(14)2)16(21)22-17(3,4)5/h9-12,14,19H,6-8H2,1-5H3. The van der Waals surface area contributed by atoms with E-state index in [2.05, 4.69) is 46.5 Å². The molecule has 130 valence electrons. The van der Waals surface area contributed by atoms with Gasteiger partial charge in [0.1, 0.15) is 5.60 Å². The molecule has 1 fully saturated rings. The molecular weight excluding hydrogens is 376 g/mol. The third-order valence-corrected chi connectivity index (χ3v) is 5.97. The third-order valence-electron chi connectivity index (χ3n) is 4.09. The Hall–Kier alpha value is -0.590. The third kappa shape index (κ3) is 5.19. The Labute approximate surface area is 151 Å². The van der Waals surface area contributed by atoms with E-state index in [1.807, 2.05) is 25.7 Å². The Kier molecular flexibility index (Phi) is 6.14. The molecule has 3 unspecified atom stereocenters. The van der Waals surface area contributed by atoms with E-state index in [-0.39, 0.29) is 24.2 Å². The average molecular weight is 403 g/mol. The van der Waals surface area contributed by atoms with Crippen molar-refractivity contribution in [1.29, 1.82) is 0 Å². The van der Waals surface area contributed by atoms with Gasteiger partial charge < -0.3 is 15.0 Å². The van der Waals surface area contributed by atoms with E-state index in [1.54, 1.807) is 11.3 Å². The van der Waals surface area contributed by atoms with Crippen molar-refractivity contribution in [2.24, 2.45) is 0 Å². The molecule has 1 aromatic heterocycles. The van der Waals surface area contributed by atoms with Crippen molar-refractivity contribution < 1.29 is 9.53 Å². The maximum absolute atomic E-state index is 12.4. The van der Waals surface area contributed by atoms with E-state index < -0.39 is 5.60 Å². The van der Waals surface area contributed by atoms with Gasteiger partial charge in [0.25, 0.3) is 0 Å². The lowest BCUT2D eigenvalue weighted by Gasteiger charge is -2.41. The lowest BCUT2D eigenvalue weighted by molar-refractivity contribution is 0.00645. The van der Waals surface area contributed by atoms with Crippen LogP contribution in [0.25, 0.3) is 0 Å². The van der Waals surface area contributed by atoms with Gasteiger partial charge in [0.05, 0.1) is 0 Å². The van der Waals surface area contributed by atoms with E-state index in [0.717, 1.165) is 23.9 Å². The monoisotopic (exact) mass is 402 g/mol. The summed E-state index contributed by atoms with van der Waals surface area (Å²) in [7, 11) is 0. The number of hydrogen-bond donors (Lipinski definition) is 1. The van der Waals surface area contributed by atoms with Crippen molar-refractivity contribution in [3.8, 4) is 0 Å². The number of hydrogen-bond acceptors (Lipinski definition) is 4. The van der Waals surface area contributed by atoms with Crippen molar-refractivity contribution >= 4 is 33.4 Å². The number of ether oxygens (including phenoxy) is 1. The van der Waals surface area contributed by atoms with Crippen LogP contribution in [0.4, 0.5) is 4.79 Å². The number of thiophene rings is 1. The second-order valence-electron chi connectivity index (χ2n) is 7.22. The van der Waals surface area contributed by atoms with Gasteiger partial charge in [-0.05, 0) is 69.5 Å². The Bertz CT molecular complexity index is 541. The minimum atomic E-state index is -0.451. The molecule has 1 N–H and O–H groups in total. The second kappa shape index (κ2) is 7.53. The van der Waals surface area contributed by atoms with Crippen molar-refractivity contribution in [3.63, 3.8) is 0 Å². The fourth-order valence-electron chi connectivity index (χ4n) is 2.90. The molecule has 2 heterocycles. The summed E-state index contributed by atoms with van der Waals surface area (Å²) in [4.78, 5) is 15.6. The number of likely N-dealkylation sites (tertiary alicyclic amines) is 1. The summed E-state index contributed by atoms with van der Waals surface area (Å²) in [6.45, 7) is 10.8. The number of carbonyl (C=O) groups is 1. The zero-order valence-electron chi connectivity index (χ0n) is 14.6. The first-order chi connectivity index (χ1) is 10.7. The fourth-order valence-corrected chi connectivity index (χ4v) is 4.37. The Balaban J connectivity index is 1.99. The van der Waals surface area contributed by atoms with Crippen LogP contribution in [0.1, 0.15) is 58.4 Å². The molecule has 1 saturated heterocycles. The highest BCUT2D eigenvalue weighted by Gasteiger charge is 2.34. The molecule has 0 aromatic carbocycles. The Morgan fingerprint density at radius 3 is 2.78 bits per heavy atom. The van der Waals surface area contributed by atoms with Crippen molar-refractivity contribution in [1.82, 2.24) is 10.2 Å². The van der Waals surface area contributed by atoms with Crippen molar-refractivity contribution in [3.05, 3.63) is 20.8 Å². The summed E-state index contributed by atoms with van der Waals surface area (Å²) in [6, 6.07) is 2.84. The lowest BCUT2D eigenvalue weighted by Crippen LogP contribution is -2.55. The van der Waals surface area contributed by atoms with E-state index in [9.17, 15) is 4.79 Å². The topological polar surface area (TPSA) is 41.6 Å². The molecule has 4 nitrogen and oxygen atoms in total. The summed E-state index contributed by atoms with van der Waals surface area (Å²) in [6.07, 6.45) is 1.88. The summed E-state index contributed by atoms with van der Waals surface area (Å²) < 4.78 is 6.67. The fraction of sp³-hybridized carbons (Fsp3) is 0.706. The molecule has 1 amide bonds. The van der Waals surface area contributed by atoms with Gasteiger partial charge in [-0.1, -0.05) is 0 Å². The largest absolute Gasteiger partial charge is 0.444 e. The highest BCUT2D eigenvalue weighted by Crippen LogP contribution is 2.28. The smallest absolute Gasteiger partial charge is 0.410 e. The molecule has 6 heteroatoms. The van der Waals surface area contributed by atoms with Crippen LogP contribution in [0.5, 0.6) is 0 Å². The Morgan fingerprint density at radius 2 is 2.22 bits per heavy atom. The van der Waals surface area contributed by atoms with Crippen molar-refractivity contribution in [2.45, 2.75) is 71.2 Å². The van der Waals surface area contributed by atoms with Crippen LogP contribution in [0.2, 0.25) is 0 Å². The quantitative estimate of drug-likeness (QED) is 0.777. The van der Waals surface area contributed by atoms with E-state index in [1.165, 1.54) is 4.88 Å². The number of piperidine rings is 1. The predicted molar refractivity (Wildman–Crippen MR) is 99.0 cm³/mol.